The van der Waals surface area contributed by atoms with E-state index in [4.69, 9.17) is 4.74 Å². The standard InChI is InChI=1S/C17H16INO2/c18-15-10-13(17(20)19-14-7-8-14)6-9-16(15)21-11-12-4-2-1-3-5-12/h1-6,9-10,14H,7-8,11H2,(H,19,20). The largest absolute Gasteiger partial charge is 0.488 e. The third-order valence-electron chi connectivity index (χ3n) is 3.34. The van der Waals surface area contributed by atoms with Gasteiger partial charge in [-0.05, 0) is 59.2 Å². The number of halogens is 1. The van der Waals surface area contributed by atoms with E-state index in [-0.39, 0.29) is 5.91 Å². The van der Waals surface area contributed by atoms with E-state index in [9.17, 15) is 4.79 Å². The molecule has 0 heterocycles. The number of hydrogen-bond acceptors (Lipinski definition) is 2. The maximum Gasteiger partial charge on any atom is 0.251 e. The van der Waals surface area contributed by atoms with E-state index >= 15 is 0 Å². The van der Waals surface area contributed by atoms with Gasteiger partial charge in [-0.2, -0.15) is 0 Å². The molecule has 0 aromatic heterocycles. The van der Waals surface area contributed by atoms with Crippen LogP contribution in [0.25, 0.3) is 0 Å². The lowest BCUT2D eigenvalue weighted by atomic mass is 10.2. The predicted molar refractivity (Wildman–Crippen MR) is 90.4 cm³/mol. The van der Waals surface area contributed by atoms with Crippen molar-refractivity contribution in [2.75, 3.05) is 0 Å². The van der Waals surface area contributed by atoms with Gasteiger partial charge in [0.1, 0.15) is 12.4 Å². The summed E-state index contributed by atoms with van der Waals surface area (Å²) in [6.07, 6.45) is 2.20. The average molecular weight is 393 g/mol. The fourth-order valence-corrected chi connectivity index (χ4v) is 2.66. The minimum atomic E-state index is 0.00465. The van der Waals surface area contributed by atoms with E-state index in [0.717, 1.165) is 27.7 Å². The summed E-state index contributed by atoms with van der Waals surface area (Å²) in [6.45, 7) is 0.532. The fourth-order valence-electron chi connectivity index (χ4n) is 1.99. The van der Waals surface area contributed by atoms with Crippen LogP contribution in [0.5, 0.6) is 5.75 Å². The van der Waals surface area contributed by atoms with Crippen molar-refractivity contribution in [3.63, 3.8) is 0 Å². The summed E-state index contributed by atoms with van der Waals surface area (Å²) in [7, 11) is 0. The number of carbonyl (C=O) groups is 1. The molecule has 2 aromatic rings. The van der Waals surface area contributed by atoms with Gasteiger partial charge in [0.2, 0.25) is 0 Å². The van der Waals surface area contributed by atoms with Crippen molar-refractivity contribution in [1.82, 2.24) is 5.32 Å². The van der Waals surface area contributed by atoms with E-state index in [1.54, 1.807) is 0 Å². The molecule has 3 rings (SSSR count). The summed E-state index contributed by atoms with van der Waals surface area (Å²) < 4.78 is 6.76. The monoisotopic (exact) mass is 393 g/mol. The van der Waals surface area contributed by atoms with Crippen LogP contribution < -0.4 is 10.1 Å². The van der Waals surface area contributed by atoms with Gasteiger partial charge in [0.25, 0.3) is 5.91 Å². The minimum Gasteiger partial charge on any atom is -0.488 e. The van der Waals surface area contributed by atoms with Crippen LogP contribution in [-0.2, 0) is 6.61 Å². The predicted octanol–water partition coefficient (Wildman–Crippen LogP) is 3.76. The molecule has 2 aromatic carbocycles. The first-order valence-corrected chi connectivity index (χ1v) is 8.07. The van der Waals surface area contributed by atoms with E-state index in [1.807, 2.05) is 48.5 Å². The summed E-state index contributed by atoms with van der Waals surface area (Å²) >= 11 is 2.21. The van der Waals surface area contributed by atoms with Gasteiger partial charge in [-0.15, -0.1) is 0 Å². The highest BCUT2D eigenvalue weighted by molar-refractivity contribution is 14.1. The summed E-state index contributed by atoms with van der Waals surface area (Å²) in [6, 6.07) is 16.0. The fraction of sp³-hybridized carbons (Fsp3) is 0.235. The van der Waals surface area contributed by atoms with Gasteiger partial charge >= 0.3 is 0 Å². The Bertz CT molecular complexity index is 638. The highest BCUT2D eigenvalue weighted by atomic mass is 127. The maximum absolute atomic E-state index is 12.0. The Morgan fingerprint density at radius 3 is 2.62 bits per heavy atom. The van der Waals surface area contributed by atoms with E-state index in [1.165, 1.54) is 0 Å². The maximum atomic E-state index is 12.0. The van der Waals surface area contributed by atoms with Crippen LogP contribution in [0.2, 0.25) is 0 Å². The lowest BCUT2D eigenvalue weighted by molar-refractivity contribution is 0.0951. The molecule has 0 atom stereocenters. The lowest BCUT2D eigenvalue weighted by Gasteiger charge is -2.10. The zero-order chi connectivity index (χ0) is 14.7. The van der Waals surface area contributed by atoms with Gasteiger partial charge in [-0.25, -0.2) is 0 Å². The second kappa shape index (κ2) is 6.47. The van der Waals surface area contributed by atoms with E-state index < -0.39 is 0 Å². The number of rotatable bonds is 5. The van der Waals surface area contributed by atoms with Crippen LogP contribution in [-0.4, -0.2) is 11.9 Å². The van der Waals surface area contributed by atoms with Crippen LogP contribution in [0.15, 0.2) is 48.5 Å². The molecule has 0 saturated heterocycles. The number of benzene rings is 2. The molecule has 1 aliphatic carbocycles. The highest BCUT2D eigenvalue weighted by Crippen LogP contribution is 2.24. The molecule has 1 N–H and O–H groups in total. The van der Waals surface area contributed by atoms with Gasteiger partial charge in [0, 0.05) is 11.6 Å². The van der Waals surface area contributed by atoms with Crippen LogP contribution in [0.3, 0.4) is 0 Å². The zero-order valence-electron chi connectivity index (χ0n) is 11.5. The molecule has 0 aliphatic heterocycles. The molecule has 1 saturated carbocycles. The Morgan fingerprint density at radius 1 is 1.19 bits per heavy atom. The molecule has 1 fully saturated rings. The first kappa shape index (κ1) is 14.4. The summed E-state index contributed by atoms with van der Waals surface area (Å²) in [5.74, 6) is 0.812. The lowest BCUT2D eigenvalue weighted by Crippen LogP contribution is -2.25. The number of carbonyl (C=O) groups excluding carboxylic acids is 1. The van der Waals surface area contributed by atoms with Crippen molar-refractivity contribution in [2.45, 2.75) is 25.5 Å². The Kier molecular flexibility index (Phi) is 4.43. The molecule has 108 valence electrons. The third-order valence-corrected chi connectivity index (χ3v) is 4.19. The van der Waals surface area contributed by atoms with Crippen molar-refractivity contribution in [3.05, 3.63) is 63.2 Å². The second-order valence-electron chi connectivity index (χ2n) is 5.17. The summed E-state index contributed by atoms with van der Waals surface area (Å²) in [5, 5.41) is 2.99. The van der Waals surface area contributed by atoms with Gasteiger partial charge in [-0.3, -0.25) is 4.79 Å². The number of nitrogens with one attached hydrogen (secondary N) is 1. The molecule has 3 nitrogen and oxygen atoms in total. The molecule has 1 aliphatic rings. The van der Waals surface area contributed by atoms with Crippen molar-refractivity contribution in [1.29, 1.82) is 0 Å². The third kappa shape index (κ3) is 3.97. The van der Waals surface area contributed by atoms with Gasteiger partial charge in [0.15, 0.2) is 0 Å². The minimum absolute atomic E-state index is 0.00465. The van der Waals surface area contributed by atoms with Crippen molar-refractivity contribution >= 4 is 28.5 Å². The zero-order valence-corrected chi connectivity index (χ0v) is 13.7. The van der Waals surface area contributed by atoms with Crippen LogP contribution in [0.1, 0.15) is 28.8 Å². The van der Waals surface area contributed by atoms with Gasteiger partial charge in [0.05, 0.1) is 3.57 Å². The Balaban J connectivity index is 1.65. The molecular weight excluding hydrogens is 377 g/mol. The molecular formula is C17H16INO2. The highest BCUT2D eigenvalue weighted by Gasteiger charge is 2.24. The first-order chi connectivity index (χ1) is 10.2. The number of amides is 1. The average Bonchev–Trinajstić information content (AvgIpc) is 3.31. The number of hydrogen-bond donors (Lipinski definition) is 1. The van der Waals surface area contributed by atoms with E-state index in [2.05, 4.69) is 27.9 Å². The second-order valence-corrected chi connectivity index (χ2v) is 6.33. The van der Waals surface area contributed by atoms with Crippen molar-refractivity contribution < 1.29 is 9.53 Å². The molecule has 0 bridgehead atoms. The molecule has 0 unspecified atom stereocenters. The number of ether oxygens (including phenoxy) is 1. The van der Waals surface area contributed by atoms with Gasteiger partial charge in [-0.1, -0.05) is 30.3 Å². The Labute approximate surface area is 137 Å². The molecule has 0 radical (unpaired) electrons. The SMILES string of the molecule is O=C(NC1CC1)c1ccc(OCc2ccccc2)c(I)c1. The molecule has 1 amide bonds. The quantitative estimate of drug-likeness (QED) is 0.786. The topological polar surface area (TPSA) is 38.3 Å². The van der Waals surface area contributed by atoms with Crippen LogP contribution in [0.4, 0.5) is 0 Å². The van der Waals surface area contributed by atoms with Crippen LogP contribution >= 0.6 is 22.6 Å². The van der Waals surface area contributed by atoms with Crippen LogP contribution in [0, 0.1) is 3.57 Å². The Hall–Kier alpha value is -1.56. The van der Waals surface area contributed by atoms with Gasteiger partial charge < -0.3 is 10.1 Å². The molecule has 21 heavy (non-hydrogen) atoms. The summed E-state index contributed by atoms with van der Waals surface area (Å²) in [5.41, 5.74) is 1.82. The Morgan fingerprint density at radius 2 is 1.95 bits per heavy atom. The van der Waals surface area contributed by atoms with E-state index in [0.29, 0.717) is 18.2 Å². The molecule has 4 heteroatoms. The molecule has 0 spiro atoms. The first-order valence-electron chi connectivity index (χ1n) is 6.99. The normalized spacial score (nSPS) is 13.8. The summed E-state index contributed by atoms with van der Waals surface area (Å²) in [4.78, 5) is 12.0. The smallest absolute Gasteiger partial charge is 0.251 e. The van der Waals surface area contributed by atoms with Crippen molar-refractivity contribution in [3.8, 4) is 5.75 Å². The van der Waals surface area contributed by atoms with Crippen molar-refractivity contribution in [2.24, 2.45) is 0 Å².